The Kier molecular flexibility index (Phi) is 1.61. The lowest BCUT2D eigenvalue weighted by atomic mass is 9.97. The van der Waals surface area contributed by atoms with Crippen molar-refractivity contribution in [1.29, 1.82) is 0 Å². The van der Waals surface area contributed by atoms with Gasteiger partial charge in [-0.15, -0.1) is 0 Å². The molecule has 2 saturated heterocycles. The SMILES string of the molecule is [2H]C([2H])([2H])OCC12CCC(CNC1)N2C(=O)O. The molecule has 2 aliphatic heterocycles. The highest BCUT2D eigenvalue weighted by Crippen LogP contribution is 2.36. The minimum Gasteiger partial charge on any atom is -0.465 e. The predicted octanol–water partition coefficient (Wildman–Crippen LogP) is 0.117. The van der Waals surface area contributed by atoms with Crippen molar-refractivity contribution < 1.29 is 18.8 Å². The molecule has 2 N–H and O–H groups in total. The molecule has 5 heteroatoms. The molecular weight excluding hydrogens is 184 g/mol. The van der Waals surface area contributed by atoms with Crippen molar-refractivity contribution in [2.75, 3.05) is 26.7 Å². The second-order valence-corrected chi connectivity index (χ2v) is 3.99. The van der Waals surface area contributed by atoms with Gasteiger partial charge in [0, 0.05) is 26.2 Å². The molecule has 5 nitrogen and oxygen atoms in total. The van der Waals surface area contributed by atoms with Gasteiger partial charge in [-0.1, -0.05) is 0 Å². The van der Waals surface area contributed by atoms with Gasteiger partial charge in [0.2, 0.25) is 0 Å². The average Bonchev–Trinajstić information content (AvgIpc) is 2.44. The van der Waals surface area contributed by atoms with Gasteiger partial charge in [-0.25, -0.2) is 4.79 Å². The zero-order valence-corrected chi connectivity index (χ0v) is 7.82. The monoisotopic (exact) mass is 203 g/mol. The van der Waals surface area contributed by atoms with Crippen LogP contribution in [-0.2, 0) is 4.74 Å². The number of hydrogen-bond donors (Lipinski definition) is 2. The van der Waals surface area contributed by atoms with Crippen molar-refractivity contribution in [2.24, 2.45) is 0 Å². The van der Waals surface area contributed by atoms with E-state index in [1.54, 1.807) is 0 Å². The number of carbonyl (C=O) groups is 1. The summed E-state index contributed by atoms with van der Waals surface area (Å²) in [5.74, 6) is 0. The summed E-state index contributed by atoms with van der Waals surface area (Å²) in [6.07, 6.45) is 0.402. The summed E-state index contributed by atoms with van der Waals surface area (Å²) in [6, 6.07) is -0.0681. The first-order valence-corrected chi connectivity index (χ1v) is 4.71. The molecule has 2 aliphatic rings. The number of fused-ring (bicyclic) bond motifs is 2. The van der Waals surface area contributed by atoms with Gasteiger partial charge in [0.15, 0.2) is 0 Å². The molecule has 1 amide bonds. The van der Waals surface area contributed by atoms with Gasteiger partial charge in [-0.3, -0.25) is 4.90 Å². The molecule has 80 valence electrons. The van der Waals surface area contributed by atoms with Crippen LogP contribution in [-0.4, -0.2) is 54.4 Å². The number of methoxy groups -OCH3 is 1. The maximum Gasteiger partial charge on any atom is 0.408 e. The Labute approximate surface area is 87.2 Å². The predicted molar refractivity (Wildman–Crippen MR) is 50.4 cm³/mol. The highest BCUT2D eigenvalue weighted by atomic mass is 16.5. The number of carboxylic acid groups (broad SMARTS) is 1. The molecule has 2 heterocycles. The first-order chi connectivity index (χ1) is 7.84. The van der Waals surface area contributed by atoms with Gasteiger partial charge in [0.25, 0.3) is 0 Å². The van der Waals surface area contributed by atoms with Crippen LogP contribution in [0.3, 0.4) is 0 Å². The molecular formula is C9H16N2O3. The van der Waals surface area contributed by atoms with E-state index in [-0.39, 0.29) is 12.6 Å². The van der Waals surface area contributed by atoms with Crippen LogP contribution < -0.4 is 5.32 Å². The molecule has 2 unspecified atom stereocenters. The fourth-order valence-electron chi connectivity index (χ4n) is 2.60. The van der Waals surface area contributed by atoms with Crippen LogP contribution in [0.15, 0.2) is 0 Å². The Bertz CT molecular complexity index is 319. The average molecular weight is 203 g/mol. The van der Waals surface area contributed by atoms with Crippen molar-refractivity contribution in [3.05, 3.63) is 0 Å². The number of ether oxygens (including phenoxy) is 1. The lowest BCUT2D eigenvalue weighted by Gasteiger charge is -2.42. The largest absolute Gasteiger partial charge is 0.465 e. The Balaban J connectivity index is 2.12. The van der Waals surface area contributed by atoms with Crippen LogP contribution in [0.1, 0.15) is 17.0 Å². The van der Waals surface area contributed by atoms with E-state index in [9.17, 15) is 9.90 Å². The van der Waals surface area contributed by atoms with Gasteiger partial charge in [-0.2, -0.15) is 0 Å². The van der Waals surface area contributed by atoms with E-state index in [1.807, 2.05) is 0 Å². The van der Waals surface area contributed by atoms with E-state index in [1.165, 1.54) is 4.90 Å². The number of nitrogens with one attached hydrogen (secondary N) is 1. The topological polar surface area (TPSA) is 61.8 Å². The summed E-state index contributed by atoms with van der Waals surface area (Å²) < 4.78 is 25.9. The fraction of sp³-hybridized carbons (Fsp3) is 0.889. The summed E-state index contributed by atoms with van der Waals surface area (Å²) in [4.78, 5) is 12.6. The Morgan fingerprint density at radius 3 is 3.50 bits per heavy atom. The van der Waals surface area contributed by atoms with Crippen molar-refractivity contribution in [1.82, 2.24) is 10.2 Å². The molecule has 0 radical (unpaired) electrons. The van der Waals surface area contributed by atoms with E-state index < -0.39 is 18.7 Å². The summed E-state index contributed by atoms with van der Waals surface area (Å²) in [7, 11) is -2.48. The van der Waals surface area contributed by atoms with Gasteiger partial charge in [0.05, 0.1) is 16.3 Å². The standard InChI is InChI=1S/C9H16N2O3/c1-14-6-9-3-2-7(4-10-5-9)11(9)8(12)13/h7,10H,2-6H2,1H3,(H,12,13)/i1D3. The Morgan fingerprint density at radius 1 is 1.93 bits per heavy atom. The van der Waals surface area contributed by atoms with Crippen LogP contribution in [0.5, 0.6) is 0 Å². The number of rotatable bonds is 2. The highest BCUT2D eigenvalue weighted by Gasteiger charge is 2.51. The van der Waals surface area contributed by atoms with Crippen molar-refractivity contribution in [2.45, 2.75) is 24.4 Å². The van der Waals surface area contributed by atoms with Crippen LogP contribution in [0, 0.1) is 0 Å². The smallest absolute Gasteiger partial charge is 0.408 e. The molecule has 14 heavy (non-hydrogen) atoms. The molecule has 2 atom stereocenters. The van der Waals surface area contributed by atoms with Gasteiger partial charge in [0.1, 0.15) is 0 Å². The summed E-state index contributed by atoms with van der Waals surface area (Å²) in [5, 5.41) is 12.4. The maximum absolute atomic E-state index is 11.2. The molecule has 0 aliphatic carbocycles. The number of piperazine rings is 1. The third kappa shape index (κ3) is 1.27. The Morgan fingerprint density at radius 2 is 2.79 bits per heavy atom. The fourth-order valence-corrected chi connectivity index (χ4v) is 2.60. The van der Waals surface area contributed by atoms with Crippen LogP contribution in [0.2, 0.25) is 0 Å². The second kappa shape index (κ2) is 3.40. The molecule has 0 spiro atoms. The van der Waals surface area contributed by atoms with Crippen molar-refractivity contribution in [3.63, 3.8) is 0 Å². The van der Waals surface area contributed by atoms with E-state index >= 15 is 0 Å². The lowest BCUT2D eigenvalue weighted by molar-refractivity contribution is 0.0105. The third-order valence-corrected chi connectivity index (χ3v) is 3.20. The maximum atomic E-state index is 11.2. The van der Waals surface area contributed by atoms with E-state index in [2.05, 4.69) is 5.32 Å². The normalized spacial score (nSPS) is 40.1. The second-order valence-electron chi connectivity index (χ2n) is 3.99. The molecule has 0 aromatic rings. The molecule has 0 aromatic carbocycles. The number of hydrogen-bond acceptors (Lipinski definition) is 3. The number of amides is 1. The Hall–Kier alpha value is -0.810. The van der Waals surface area contributed by atoms with Crippen LogP contribution in [0.25, 0.3) is 0 Å². The van der Waals surface area contributed by atoms with Crippen LogP contribution in [0.4, 0.5) is 4.79 Å². The zero-order valence-electron chi connectivity index (χ0n) is 10.8. The van der Waals surface area contributed by atoms with E-state index in [4.69, 9.17) is 8.85 Å². The van der Waals surface area contributed by atoms with Gasteiger partial charge in [-0.05, 0) is 12.8 Å². The molecule has 2 bridgehead atoms. The summed E-state index contributed by atoms with van der Waals surface area (Å²) in [5.41, 5.74) is -0.719. The van der Waals surface area contributed by atoms with E-state index in [0.717, 1.165) is 6.42 Å². The summed E-state index contributed by atoms with van der Waals surface area (Å²) in [6.45, 7) is 0.993. The molecule has 2 rings (SSSR count). The third-order valence-electron chi connectivity index (χ3n) is 3.20. The van der Waals surface area contributed by atoms with Crippen molar-refractivity contribution >= 4 is 6.09 Å². The minimum atomic E-state index is -2.48. The minimum absolute atomic E-state index is 0.0681. The van der Waals surface area contributed by atoms with E-state index in [0.29, 0.717) is 19.5 Å². The lowest BCUT2D eigenvalue weighted by Crippen LogP contribution is -2.63. The van der Waals surface area contributed by atoms with Crippen molar-refractivity contribution in [3.8, 4) is 0 Å². The first kappa shape index (κ1) is 6.63. The quantitative estimate of drug-likeness (QED) is 0.669. The highest BCUT2D eigenvalue weighted by molar-refractivity contribution is 5.67. The molecule has 2 fully saturated rings. The summed E-state index contributed by atoms with van der Waals surface area (Å²) >= 11 is 0. The van der Waals surface area contributed by atoms with Gasteiger partial charge < -0.3 is 15.2 Å². The molecule has 0 aromatic heterocycles. The number of nitrogens with zero attached hydrogens (tertiary/aromatic N) is 1. The molecule has 0 saturated carbocycles. The first-order valence-electron chi connectivity index (χ1n) is 6.21. The zero-order chi connectivity index (χ0) is 12.7. The van der Waals surface area contributed by atoms with Gasteiger partial charge >= 0.3 is 6.09 Å². The van der Waals surface area contributed by atoms with Crippen LogP contribution >= 0.6 is 0 Å².